The van der Waals surface area contributed by atoms with Gasteiger partial charge in [-0.05, 0) is 50.1 Å². The highest BCUT2D eigenvalue weighted by Crippen LogP contribution is 2.23. The third kappa shape index (κ3) is 5.61. The third-order valence-corrected chi connectivity index (χ3v) is 6.17. The van der Waals surface area contributed by atoms with Crippen molar-refractivity contribution in [1.82, 2.24) is 5.32 Å². The molecule has 6 heteroatoms. The number of hydrogen-bond acceptors (Lipinski definition) is 4. The first-order valence-corrected chi connectivity index (χ1v) is 10.8. The van der Waals surface area contributed by atoms with Crippen LogP contribution in [0.3, 0.4) is 0 Å². The molecule has 0 saturated carbocycles. The summed E-state index contributed by atoms with van der Waals surface area (Å²) in [4.78, 5) is 13.6. The van der Waals surface area contributed by atoms with Gasteiger partial charge in [-0.1, -0.05) is 29.8 Å². The van der Waals surface area contributed by atoms with E-state index in [1.165, 1.54) is 23.6 Å². The average molecular weight is 378 g/mol. The minimum Gasteiger partial charge on any atom is -0.349 e. The molecule has 0 fully saturated rings. The lowest BCUT2D eigenvalue weighted by Gasteiger charge is -2.15. The van der Waals surface area contributed by atoms with Gasteiger partial charge in [0, 0.05) is 11.2 Å². The normalized spacial score (nSPS) is 12.6. The standard InChI is InChI=1S/C19H23NO3S2/c1-13-5-6-14(2)18(11-13)24-12-19(21)20-15(3)16-7-9-17(10-8-16)25(4,22)23/h5-11,15H,12H2,1-4H3,(H,20,21). The van der Waals surface area contributed by atoms with Gasteiger partial charge in [0.2, 0.25) is 5.91 Å². The molecule has 0 aliphatic rings. The lowest BCUT2D eigenvalue weighted by molar-refractivity contribution is -0.119. The Labute approximate surface area is 154 Å². The van der Waals surface area contributed by atoms with Crippen LogP contribution in [-0.2, 0) is 14.6 Å². The molecule has 1 N–H and O–H groups in total. The van der Waals surface area contributed by atoms with Gasteiger partial charge in [-0.25, -0.2) is 8.42 Å². The molecule has 0 aliphatic carbocycles. The van der Waals surface area contributed by atoms with Gasteiger partial charge in [0.25, 0.3) is 0 Å². The Balaban J connectivity index is 1.94. The first-order valence-electron chi connectivity index (χ1n) is 7.96. The second-order valence-electron chi connectivity index (χ2n) is 6.19. The summed E-state index contributed by atoms with van der Waals surface area (Å²) in [6.45, 7) is 5.95. The quantitative estimate of drug-likeness (QED) is 0.780. The monoisotopic (exact) mass is 377 g/mol. The highest BCUT2D eigenvalue weighted by molar-refractivity contribution is 8.00. The van der Waals surface area contributed by atoms with Crippen LogP contribution in [0, 0.1) is 13.8 Å². The number of hydrogen-bond donors (Lipinski definition) is 1. The summed E-state index contributed by atoms with van der Waals surface area (Å²) in [5, 5.41) is 2.95. The van der Waals surface area contributed by atoms with Gasteiger partial charge < -0.3 is 5.32 Å². The number of benzene rings is 2. The highest BCUT2D eigenvalue weighted by Gasteiger charge is 2.12. The Kier molecular flexibility index (Phi) is 6.30. The summed E-state index contributed by atoms with van der Waals surface area (Å²) in [6, 6.07) is 12.6. The van der Waals surface area contributed by atoms with Gasteiger partial charge in [0.15, 0.2) is 9.84 Å². The number of thioether (sulfide) groups is 1. The first-order chi connectivity index (χ1) is 11.7. The summed E-state index contributed by atoms with van der Waals surface area (Å²) in [6.07, 6.45) is 1.18. The molecule has 4 nitrogen and oxygen atoms in total. The third-order valence-electron chi connectivity index (χ3n) is 3.89. The van der Waals surface area contributed by atoms with Gasteiger partial charge in [-0.15, -0.1) is 11.8 Å². The first kappa shape index (κ1) is 19.5. The average Bonchev–Trinajstić information content (AvgIpc) is 2.55. The SMILES string of the molecule is Cc1ccc(C)c(SCC(=O)NC(C)c2ccc(S(C)(=O)=O)cc2)c1. The molecule has 25 heavy (non-hydrogen) atoms. The number of sulfone groups is 1. The number of amides is 1. The van der Waals surface area contributed by atoms with Gasteiger partial charge in [0.05, 0.1) is 16.7 Å². The van der Waals surface area contributed by atoms with E-state index in [4.69, 9.17) is 0 Å². The Bertz CT molecular complexity index is 859. The van der Waals surface area contributed by atoms with Crippen molar-refractivity contribution in [3.63, 3.8) is 0 Å². The second-order valence-corrected chi connectivity index (χ2v) is 9.22. The van der Waals surface area contributed by atoms with E-state index < -0.39 is 9.84 Å². The minimum atomic E-state index is -3.21. The largest absolute Gasteiger partial charge is 0.349 e. The van der Waals surface area contributed by atoms with Crippen LogP contribution < -0.4 is 5.32 Å². The highest BCUT2D eigenvalue weighted by atomic mass is 32.2. The van der Waals surface area contributed by atoms with Crippen LogP contribution in [0.25, 0.3) is 0 Å². The summed E-state index contributed by atoms with van der Waals surface area (Å²) < 4.78 is 23.0. The van der Waals surface area contributed by atoms with Crippen LogP contribution in [0.1, 0.15) is 29.7 Å². The van der Waals surface area contributed by atoms with E-state index in [-0.39, 0.29) is 16.8 Å². The molecule has 0 spiro atoms. The van der Waals surface area contributed by atoms with Gasteiger partial charge >= 0.3 is 0 Å². The van der Waals surface area contributed by atoms with E-state index in [1.807, 2.05) is 20.8 Å². The summed E-state index contributed by atoms with van der Waals surface area (Å²) in [5.41, 5.74) is 3.21. The molecule has 0 heterocycles. The van der Waals surface area contributed by atoms with Crippen molar-refractivity contribution >= 4 is 27.5 Å². The predicted octanol–water partition coefficient (Wildman–Crippen LogP) is 3.68. The number of carbonyl (C=O) groups excluding carboxylic acids is 1. The van der Waals surface area contributed by atoms with E-state index in [0.717, 1.165) is 16.0 Å². The lowest BCUT2D eigenvalue weighted by Crippen LogP contribution is -2.28. The smallest absolute Gasteiger partial charge is 0.230 e. The molecule has 2 aromatic carbocycles. The van der Waals surface area contributed by atoms with Gasteiger partial charge in [-0.3, -0.25) is 4.79 Å². The molecule has 134 valence electrons. The molecule has 0 radical (unpaired) electrons. The maximum atomic E-state index is 12.2. The molecule has 0 aliphatic heterocycles. The molecule has 0 aromatic heterocycles. The zero-order valence-corrected chi connectivity index (χ0v) is 16.5. The maximum absolute atomic E-state index is 12.2. The van der Waals surface area contributed by atoms with Crippen LogP contribution in [0.5, 0.6) is 0 Å². The van der Waals surface area contributed by atoms with Crippen LogP contribution >= 0.6 is 11.8 Å². The van der Waals surface area contributed by atoms with Gasteiger partial charge in [-0.2, -0.15) is 0 Å². The van der Waals surface area contributed by atoms with Crippen molar-refractivity contribution in [2.45, 2.75) is 36.6 Å². The lowest BCUT2D eigenvalue weighted by atomic mass is 10.1. The van der Waals surface area contributed by atoms with E-state index >= 15 is 0 Å². The second kappa shape index (κ2) is 8.06. The molecular formula is C19H23NO3S2. The summed E-state index contributed by atoms with van der Waals surface area (Å²) in [7, 11) is -3.21. The molecular weight excluding hydrogens is 354 g/mol. The van der Waals surface area contributed by atoms with Crippen LogP contribution in [0.2, 0.25) is 0 Å². The minimum absolute atomic E-state index is 0.0504. The fraction of sp³-hybridized carbons (Fsp3) is 0.316. The fourth-order valence-electron chi connectivity index (χ4n) is 2.38. The van der Waals surface area contributed by atoms with Crippen molar-refractivity contribution in [3.8, 4) is 0 Å². The summed E-state index contributed by atoms with van der Waals surface area (Å²) >= 11 is 1.52. The van der Waals surface area contributed by atoms with Gasteiger partial charge in [0.1, 0.15) is 0 Å². The zero-order valence-electron chi connectivity index (χ0n) is 14.9. The van der Waals surface area contributed by atoms with Crippen molar-refractivity contribution in [1.29, 1.82) is 0 Å². The molecule has 1 unspecified atom stereocenters. The molecule has 1 amide bonds. The van der Waals surface area contributed by atoms with Crippen LogP contribution in [-0.4, -0.2) is 26.3 Å². The molecule has 1 atom stereocenters. The topological polar surface area (TPSA) is 63.2 Å². The predicted molar refractivity (Wildman–Crippen MR) is 103 cm³/mol. The Morgan fingerprint density at radius 3 is 2.36 bits per heavy atom. The van der Waals surface area contributed by atoms with Crippen molar-refractivity contribution in [2.24, 2.45) is 0 Å². The fourth-order valence-corrected chi connectivity index (χ4v) is 3.94. The van der Waals surface area contributed by atoms with Crippen molar-refractivity contribution in [3.05, 3.63) is 59.2 Å². The molecule has 0 saturated heterocycles. The zero-order chi connectivity index (χ0) is 18.6. The van der Waals surface area contributed by atoms with E-state index in [2.05, 4.69) is 23.5 Å². The Hall–Kier alpha value is -1.79. The van der Waals surface area contributed by atoms with Crippen molar-refractivity contribution < 1.29 is 13.2 Å². The summed E-state index contributed by atoms with van der Waals surface area (Å²) in [5.74, 6) is 0.293. The van der Waals surface area contributed by atoms with Crippen LogP contribution in [0.15, 0.2) is 52.3 Å². The molecule has 2 aromatic rings. The van der Waals surface area contributed by atoms with E-state index in [9.17, 15) is 13.2 Å². The number of carbonyl (C=O) groups is 1. The number of aryl methyl sites for hydroxylation is 2. The van der Waals surface area contributed by atoms with E-state index in [1.54, 1.807) is 24.3 Å². The van der Waals surface area contributed by atoms with Crippen LogP contribution in [0.4, 0.5) is 0 Å². The van der Waals surface area contributed by atoms with Crippen molar-refractivity contribution in [2.75, 3.05) is 12.0 Å². The Morgan fingerprint density at radius 2 is 1.76 bits per heavy atom. The van der Waals surface area contributed by atoms with E-state index in [0.29, 0.717) is 5.75 Å². The Morgan fingerprint density at radius 1 is 1.12 bits per heavy atom. The molecule has 2 rings (SSSR count). The molecule has 0 bridgehead atoms. The maximum Gasteiger partial charge on any atom is 0.230 e. The number of rotatable bonds is 6. The number of nitrogens with one attached hydrogen (secondary N) is 1.